The van der Waals surface area contributed by atoms with E-state index in [-0.39, 0.29) is 42.0 Å². The summed E-state index contributed by atoms with van der Waals surface area (Å²) in [7, 11) is 4.10. The number of rotatable bonds is 18. The fourth-order valence-electron chi connectivity index (χ4n) is 4.37. The zero-order chi connectivity index (χ0) is 48.9. The van der Waals surface area contributed by atoms with Gasteiger partial charge in [-0.1, -0.05) is 41.0 Å². The first-order valence-corrected chi connectivity index (χ1v) is 24.1. The van der Waals surface area contributed by atoms with E-state index in [1.807, 2.05) is 50.4 Å². The number of benzene rings is 1. The van der Waals surface area contributed by atoms with Gasteiger partial charge in [-0.15, -0.1) is 0 Å². The first kappa shape index (κ1) is 59.9. The first-order valence-electron chi connectivity index (χ1n) is 19.2. The summed E-state index contributed by atoms with van der Waals surface area (Å²) in [6.45, 7) is 8.86. The Morgan fingerprint density at radius 1 is 0.806 bits per heavy atom. The van der Waals surface area contributed by atoms with Crippen molar-refractivity contribution in [3.8, 4) is 0 Å². The molecule has 7 amide bonds. The van der Waals surface area contributed by atoms with E-state index in [1.165, 1.54) is 47.2 Å². The maximum Gasteiger partial charge on any atom is 0.346 e. The Hall–Kier alpha value is -4.22. The molecule has 1 heterocycles. The van der Waals surface area contributed by atoms with Crippen molar-refractivity contribution in [2.75, 3.05) is 70.4 Å². The number of esters is 3. The van der Waals surface area contributed by atoms with E-state index in [1.54, 1.807) is 33.7 Å². The van der Waals surface area contributed by atoms with Gasteiger partial charge in [-0.25, -0.2) is 28.8 Å². The number of carbonyl (C=O) groups excluding carboxylic acids is 8. The zero-order valence-electron chi connectivity index (χ0n) is 38.3. The van der Waals surface area contributed by atoms with Gasteiger partial charge < -0.3 is 45.7 Å². The lowest BCUT2D eigenvalue weighted by Crippen LogP contribution is -2.41. The van der Waals surface area contributed by atoms with Gasteiger partial charge in [-0.2, -0.15) is 21.2 Å². The lowest BCUT2D eigenvalue weighted by Gasteiger charge is -2.15. The number of carbonyl (C=O) groups is 8. The summed E-state index contributed by atoms with van der Waals surface area (Å²) in [5.41, 5.74) is 0.999. The molecule has 1 aromatic carbocycles. The quantitative estimate of drug-likeness (QED) is 0.0526. The van der Waals surface area contributed by atoms with E-state index in [0.29, 0.717) is 43.9 Å². The Morgan fingerprint density at radius 2 is 1.23 bits per heavy atom. The molecule has 0 radical (unpaired) electrons. The maximum absolute atomic E-state index is 11.4. The van der Waals surface area contributed by atoms with Crippen molar-refractivity contribution in [2.45, 2.75) is 78.2 Å². The summed E-state index contributed by atoms with van der Waals surface area (Å²) >= 11 is 1.63. The third-order valence-corrected chi connectivity index (χ3v) is 9.92. The highest BCUT2D eigenvalue weighted by atomic mass is 32.2. The Bertz CT molecular complexity index is 1610. The molecule has 1 fully saturated rings. The van der Waals surface area contributed by atoms with Gasteiger partial charge in [0.05, 0.1) is 21.3 Å². The Kier molecular flexibility index (Phi) is 37.1. The highest BCUT2D eigenvalue weighted by Crippen LogP contribution is 2.36. The van der Waals surface area contributed by atoms with Crippen LogP contribution in [0.3, 0.4) is 0 Å². The van der Waals surface area contributed by atoms with Crippen molar-refractivity contribution >= 4 is 90.4 Å². The third-order valence-electron chi connectivity index (χ3n) is 7.16. The van der Waals surface area contributed by atoms with Crippen molar-refractivity contribution in [1.82, 2.24) is 31.6 Å². The van der Waals surface area contributed by atoms with Crippen LogP contribution in [0.4, 0.5) is 9.59 Å². The van der Waals surface area contributed by atoms with E-state index in [9.17, 15) is 42.6 Å². The molecule has 1 aliphatic rings. The number of thioether (sulfide) groups is 1. The topological polar surface area (TPSA) is 290 Å². The van der Waals surface area contributed by atoms with E-state index < -0.39 is 51.6 Å². The molecule has 62 heavy (non-hydrogen) atoms. The molecule has 0 aromatic heterocycles. The molecule has 0 saturated carbocycles. The zero-order valence-corrected chi connectivity index (χ0v) is 40.9. The molecule has 25 heteroatoms. The van der Waals surface area contributed by atoms with Crippen molar-refractivity contribution in [2.24, 2.45) is 4.36 Å². The minimum absolute atomic E-state index is 0.179. The summed E-state index contributed by atoms with van der Waals surface area (Å²) < 4.78 is 34.0. The van der Waals surface area contributed by atoms with Crippen LogP contribution in [0, 0.1) is 0 Å². The molecule has 0 aliphatic carbocycles. The fraction of sp³-hybridized carbons (Fsp3) is 0.622. The third kappa shape index (κ3) is 32.5. The van der Waals surface area contributed by atoms with Crippen molar-refractivity contribution in [1.29, 1.82) is 1.43 Å². The monoisotopic (exact) mass is 961 g/mol. The smallest absolute Gasteiger partial charge is 0.346 e. The molecule has 2 rings (SSSR count). The van der Waals surface area contributed by atoms with E-state index >= 15 is 0 Å². The van der Waals surface area contributed by atoms with Gasteiger partial charge >= 0.3 is 30.0 Å². The molecular weight excluding hydrogens is 894 g/mol. The average molecular weight is 962 g/mol. The number of hydrogen-bond donors (Lipinski definition) is 6. The van der Waals surface area contributed by atoms with Crippen LogP contribution in [0.2, 0.25) is 0 Å². The van der Waals surface area contributed by atoms with E-state index in [0.717, 1.165) is 11.3 Å². The Morgan fingerprint density at radius 3 is 1.60 bits per heavy atom. The highest BCUT2D eigenvalue weighted by molar-refractivity contribution is 7.98. The van der Waals surface area contributed by atoms with Gasteiger partial charge in [0.2, 0.25) is 25.4 Å². The number of nitrogens with one attached hydrogen (secondary N) is 5. The molecule has 6 N–H and O–H groups in total. The SMILES string of the molecule is CCNC(=O)N1OC1c1ccccc1.CCNC(=O)N=S(C)CC[C@H](NC(C)=O)C(=O)OC.COC(=O)[C@H](CCS(C)=O)NC(C)=O.COC(=O)[C@H](CCSC)NC(C)=O.[3H]OP. The van der Waals surface area contributed by atoms with Gasteiger partial charge in [0.25, 0.3) is 0 Å². The standard InChI is InChI=1S/C11H21N3O4S.C10H12N2O2.C8H15NO4S.C8H15NO3S.H3OP/c1-5-12-11(17)14-19(4)7-6-9(10(16)18-3)13-8(2)15;1-2-11-10(13)12-9(14-12)8-6-4-3-5-7-8;1-6(10)9-7(8(11)13-2)4-5-14(3)12;1-6(10)9-7(4-5-13-3)8(11)12-2;1-2/h9H,5-7H2,1-4H3,(H,12,17)(H,13,15);3-7,9H,2H2,1H3,(H,11,13);7H,4-5H2,1-3H3,(H,9,10);7H,4-5H2,1-3H3,(H,9,10);1H,2H2/t9-,19?;;7-,14?;7-;/m0.00./s1/i;;;;1T. The number of hydrogen-bond acceptors (Lipinski definition) is 15. The molecule has 21 nitrogen and oxygen atoms in total. The van der Waals surface area contributed by atoms with Gasteiger partial charge in [-0.05, 0) is 60.8 Å². The predicted octanol–water partition coefficient (Wildman–Crippen LogP) is 1.50. The summed E-state index contributed by atoms with van der Waals surface area (Å²) in [4.78, 5) is 97.2. The normalized spacial score (nSPS) is 14.5. The molecule has 1 aliphatic heterocycles. The number of ether oxygens (including phenoxy) is 3. The van der Waals surface area contributed by atoms with Crippen LogP contribution in [-0.2, 0) is 69.3 Å². The number of amides is 7. The van der Waals surface area contributed by atoms with Gasteiger partial charge in [0.15, 0.2) is 0 Å². The van der Waals surface area contributed by atoms with Crippen LogP contribution >= 0.6 is 21.2 Å². The molecule has 4 unspecified atom stereocenters. The lowest BCUT2D eigenvalue weighted by atomic mass is 10.2. The molecule has 0 bridgehead atoms. The number of hydroxylamine groups is 2. The lowest BCUT2D eigenvalue weighted by molar-refractivity contribution is -0.145. The van der Waals surface area contributed by atoms with Crippen LogP contribution in [0.25, 0.3) is 0 Å². The van der Waals surface area contributed by atoms with Crippen molar-refractivity contribution in [3.63, 3.8) is 0 Å². The molecular formula is C37H66N7O14PS3. The molecule has 0 spiro atoms. The molecule has 1 aromatic rings. The van der Waals surface area contributed by atoms with Crippen molar-refractivity contribution in [3.05, 3.63) is 35.9 Å². The number of urea groups is 2. The molecule has 1 saturated heterocycles. The summed E-state index contributed by atoms with van der Waals surface area (Å²) in [6.07, 6.45) is 6.40. The van der Waals surface area contributed by atoms with Crippen molar-refractivity contribution < 1.29 is 66.5 Å². The summed E-state index contributed by atoms with van der Waals surface area (Å²) in [5, 5.41) is 14.1. The predicted molar refractivity (Wildman–Crippen MR) is 243 cm³/mol. The number of methoxy groups -OCH3 is 3. The molecule has 356 valence electrons. The second-order valence-electron chi connectivity index (χ2n) is 12.2. The van der Waals surface area contributed by atoms with Gasteiger partial charge in [0, 0.05) is 68.0 Å². The average Bonchev–Trinajstić information content (AvgIpc) is 4.04. The fourth-order valence-corrected chi connectivity index (χ4v) is 6.42. The largest absolute Gasteiger partial charge is 0.467 e. The Balaban J connectivity index is -0.000000752. The van der Waals surface area contributed by atoms with E-state index in [4.69, 9.17) is 6.27 Å². The number of nitrogens with zero attached hydrogens (tertiary/aromatic N) is 2. The summed E-state index contributed by atoms with van der Waals surface area (Å²) in [5.74, 6) is -0.497. The molecule has 7 atom stereocenters. The van der Waals surface area contributed by atoms with Crippen LogP contribution in [0.1, 0.15) is 65.7 Å². The van der Waals surface area contributed by atoms with Gasteiger partial charge in [0.1, 0.15) is 18.1 Å². The van der Waals surface area contributed by atoms with Gasteiger partial charge in [-0.3, -0.25) is 18.6 Å². The maximum atomic E-state index is 11.4. The minimum atomic E-state index is -0.979. The van der Waals surface area contributed by atoms with Crippen LogP contribution < -0.4 is 26.6 Å². The van der Waals surface area contributed by atoms with Crippen LogP contribution in [0.15, 0.2) is 34.7 Å². The minimum Gasteiger partial charge on any atom is -0.467 e. The Labute approximate surface area is 377 Å². The summed E-state index contributed by atoms with van der Waals surface area (Å²) in [6, 6.07) is 7.22. The van der Waals surface area contributed by atoms with Crippen LogP contribution in [0.5, 0.6) is 0 Å². The van der Waals surface area contributed by atoms with Crippen LogP contribution in [-0.4, -0.2) is 152 Å². The second kappa shape index (κ2) is 38.5. The first-order chi connectivity index (χ1) is 29.7. The highest BCUT2D eigenvalue weighted by Gasteiger charge is 2.42. The second-order valence-corrected chi connectivity index (χ2v) is 16.6. The van der Waals surface area contributed by atoms with E-state index in [2.05, 4.69) is 50.1 Å².